The Morgan fingerprint density at radius 2 is 1.77 bits per heavy atom. The number of ether oxygens (including phenoxy) is 2. The van der Waals surface area contributed by atoms with E-state index >= 15 is 0 Å². The molecule has 0 radical (unpaired) electrons. The molecule has 0 saturated heterocycles. The van der Waals surface area contributed by atoms with Crippen molar-refractivity contribution in [2.45, 2.75) is 19.1 Å². The summed E-state index contributed by atoms with van der Waals surface area (Å²) >= 11 is 0. The molecule has 0 aromatic carbocycles. The average Bonchev–Trinajstić information content (AvgIpc) is 2.17. The maximum absolute atomic E-state index is 8.36. The number of nitriles is 1. The molecular weight excluding hydrogens is 166 g/mol. The summed E-state index contributed by atoms with van der Waals surface area (Å²) in [6.07, 6.45) is 3.99. The molecule has 0 aliphatic carbocycles. The summed E-state index contributed by atoms with van der Waals surface area (Å²) in [5.74, 6) is 0. The van der Waals surface area contributed by atoms with Gasteiger partial charge in [-0.1, -0.05) is 12.2 Å². The van der Waals surface area contributed by atoms with Gasteiger partial charge in [0.15, 0.2) is 6.29 Å². The minimum Gasteiger partial charge on any atom is -0.349 e. The van der Waals surface area contributed by atoms with Crippen molar-refractivity contribution in [3.8, 4) is 6.07 Å². The molecule has 0 rings (SSSR count). The molecule has 0 aromatic heterocycles. The van der Waals surface area contributed by atoms with Gasteiger partial charge in [-0.2, -0.15) is 5.26 Å². The second-order valence-corrected chi connectivity index (χ2v) is 2.37. The van der Waals surface area contributed by atoms with Gasteiger partial charge in [-0.25, -0.2) is 0 Å². The Morgan fingerprint density at radius 1 is 1.23 bits per heavy atom. The fourth-order valence-electron chi connectivity index (χ4n) is 0.748. The summed E-state index contributed by atoms with van der Waals surface area (Å²) < 4.78 is 10.5. The number of hydrogen-bond acceptors (Lipinski definition) is 3. The third-order valence-corrected chi connectivity index (χ3v) is 1.29. The SMILES string of the molecule is C=CCOC(CCC#N)OCC=C. The zero-order valence-electron chi connectivity index (χ0n) is 7.74. The van der Waals surface area contributed by atoms with E-state index in [1.165, 1.54) is 0 Å². The first-order valence-electron chi connectivity index (χ1n) is 4.17. The number of nitrogens with zero attached hydrogens (tertiary/aromatic N) is 1. The lowest BCUT2D eigenvalue weighted by atomic mass is 10.3. The quantitative estimate of drug-likeness (QED) is 0.425. The molecule has 0 aromatic rings. The van der Waals surface area contributed by atoms with Gasteiger partial charge in [0.25, 0.3) is 0 Å². The van der Waals surface area contributed by atoms with Gasteiger partial charge in [0.05, 0.1) is 19.3 Å². The molecule has 3 heteroatoms. The second-order valence-electron chi connectivity index (χ2n) is 2.37. The summed E-state index contributed by atoms with van der Waals surface area (Å²) in [4.78, 5) is 0. The molecule has 72 valence electrons. The van der Waals surface area contributed by atoms with Crippen LogP contribution in [0, 0.1) is 11.3 Å². The third-order valence-electron chi connectivity index (χ3n) is 1.29. The van der Waals surface area contributed by atoms with Crippen molar-refractivity contribution in [1.82, 2.24) is 0 Å². The highest BCUT2D eigenvalue weighted by molar-refractivity contribution is 4.72. The Labute approximate surface area is 79.3 Å². The van der Waals surface area contributed by atoms with Crippen LogP contribution in [0.4, 0.5) is 0 Å². The molecule has 0 aliphatic rings. The molecule has 0 amide bonds. The van der Waals surface area contributed by atoms with Crippen molar-refractivity contribution >= 4 is 0 Å². The predicted molar refractivity (Wildman–Crippen MR) is 50.9 cm³/mol. The van der Waals surface area contributed by atoms with Crippen molar-refractivity contribution in [2.75, 3.05) is 13.2 Å². The lowest BCUT2D eigenvalue weighted by Crippen LogP contribution is -2.17. The van der Waals surface area contributed by atoms with Crippen LogP contribution in [0.1, 0.15) is 12.8 Å². The first kappa shape index (κ1) is 11.9. The van der Waals surface area contributed by atoms with Crippen LogP contribution in [0.2, 0.25) is 0 Å². The van der Waals surface area contributed by atoms with Gasteiger partial charge in [0.1, 0.15) is 0 Å². The van der Waals surface area contributed by atoms with Gasteiger partial charge >= 0.3 is 0 Å². The van der Waals surface area contributed by atoms with Gasteiger partial charge in [0.2, 0.25) is 0 Å². The van der Waals surface area contributed by atoms with E-state index in [1.807, 2.05) is 6.07 Å². The van der Waals surface area contributed by atoms with Crippen LogP contribution in [0.5, 0.6) is 0 Å². The summed E-state index contributed by atoms with van der Waals surface area (Å²) in [6.45, 7) is 7.93. The first-order chi connectivity index (χ1) is 6.35. The topological polar surface area (TPSA) is 42.2 Å². The smallest absolute Gasteiger partial charge is 0.159 e. The van der Waals surface area contributed by atoms with E-state index in [9.17, 15) is 0 Å². The van der Waals surface area contributed by atoms with Crippen molar-refractivity contribution in [3.63, 3.8) is 0 Å². The molecule has 0 fully saturated rings. The van der Waals surface area contributed by atoms with Crippen LogP contribution in [0.3, 0.4) is 0 Å². The summed E-state index contributed by atoms with van der Waals surface area (Å²) in [7, 11) is 0. The lowest BCUT2D eigenvalue weighted by molar-refractivity contribution is -0.129. The largest absolute Gasteiger partial charge is 0.349 e. The van der Waals surface area contributed by atoms with E-state index in [4.69, 9.17) is 14.7 Å². The van der Waals surface area contributed by atoms with Gasteiger partial charge < -0.3 is 9.47 Å². The Morgan fingerprint density at radius 3 is 2.15 bits per heavy atom. The Hall–Kier alpha value is -1.11. The zero-order chi connectivity index (χ0) is 9.94. The first-order valence-corrected chi connectivity index (χ1v) is 4.17. The van der Waals surface area contributed by atoms with E-state index in [0.29, 0.717) is 26.1 Å². The molecule has 0 spiro atoms. The van der Waals surface area contributed by atoms with Crippen LogP contribution in [-0.4, -0.2) is 19.5 Å². The summed E-state index contributed by atoms with van der Waals surface area (Å²) in [6, 6.07) is 2.04. The number of hydrogen-bond donors (Lipinski definition) is 0. The highest BCUT2D eigenvalue weighted by atomic mass is 16.7. The van der Waals surface area contributed by atoms with E-state index in [-0.39, 0.29) is 6.29 Å². The minimum atomic E-state index is -0.323. The molecule has 0 saturated carbocycles. The maximum Gasteiger partial charge on any atom is 0.159 e. The average molecular weight is 181 g/mol. The van der Waals surface area contributed by atoms with Crippen LogP contribution in [0.15, 0.2) is 25.3 Å². The van der Waals surface area contributed by atoms with Gasteiger partial charge in [0, 0.05) is 12.8 Å². The molecule has 13 heavy (non-hydrogen) atoms. The molecule has 0 heterocycles. The minimum absolute atomic E-state index is 0.323. The lowest BCUT2D eigenvalue weighted by Gasteiger charge is -2.15. The Bertz CT molecular complexity index is 172. The Balaban J connectivity index is 3.66. The summed E-state index contributed by atoms with van der Waals surface area (Å²) in [5, 5.41) is 8.36. The molecule has 0 atom stereocenters. The van der Waals surface area contributed by atoms with Crippen molar-refractivity contribution in [1.29, 1.82) is 5.26 Å². The predicted octanol–water partition coefficient (Wildman–Crippen LogP) is 2.02. The molecular formula is C10H15NO2. The molecule has 0 N–H and O–H groups in total. The van der Waals surface area contributed by atoms with Crippen LogP contribution >= 0.6 is 0 Å². The van der Waals surface area contributed by atoms with Crippen LogP contribution < -0.4 is 0 Å². The molecule has 0 aliphatic heterocycles. The van der Waals surface area contributed by atoms with Gasteiger partial charge in [-0.3, -0.25) is 0 Å². The van der Waals surface area contributed by atoms with Crippen molar-refractivity contribution in [3.05, 3.63) is 25.3 Å². The fourth-order valence-corrected chi connectivity index (χ4v) is 0.748. The van der Waals surface area contributed by atoms with Crippen molar-refractivity contribution < 1.29 is 9.47 Å². The van der Waals surface area contributed by atoms with E-state index in [1.54, 1.807) is 12.2 Å². The monoisotopic (exact) mass is 181 g/mol. The van der Waals surface area contributed by atoms with Gasteiger partial charge in [-0.15, -0.1) is 13.2 Å². The van der Waals surface area contributed by atoms with E-state index in [2.05, 4.69) is 13.2 Å². The highest BCUT2D eigenvalue weighted by Gasteiger charge is 2.06. The standard InChI is InChI=1S/C10H15NO2/c1-3-8-12-10(6-5-7-11)13-9-4-2/h3-4,10H,1-2,5-6,8-9H2. The van der Waals surface area contributed by atoms with Crippen molar-refractivity contribution in [2.24, 2.45) is 0 Å². The molecule has 0 bridgehead atoms. The normalized spacial score (nSPS) is 9.54. The van der Waals surface area contributed by atoms with E-state index in [0.717, 1.165) is 0 Å². The maximum atomic E-state index is 8.36. The van der Waals surface area contributed by atoms with Crippen LogP contribution in [0.25, 0.3) is 0 Å². The third kappa shape index (κ3) is 7.26. The molecule has 0 unspecified atom stereocenters. The number of rotatable bonds is 8. The summed E-state index contributed by atoms with van der Waals surface area (Å²) in [5.41, 5.74) is 0. The zero-order valence-corrected chi connectivity index (χ0v) is 7.74. The van der Waals surface area contributed by atoms with E-state index < -0.39 is 0 Å². The molecule has 3 nitrogen and oxygen atoms in total. The Kier molecular flexibility index (Phi) is 8.21. The van der Waals surface area contributed by atoms with Crippen LogP contribution in [-0.2, 0) is 9.47 Å². The second kappa shape index (κ2) is 8.98. The fraction of sp³-hybridized carbons (Fsp3) is 0.500. The van der Waals surface area contributed by atoms with Gasteiger partial charge in [-0.05, 0) is 0 Å². The highest BCUT2D eigenvalue weighted by Crippen LogP contribution is 2.03.